The molecule has 0 saturated heterocycles. The van der Waals surface area contributed by atoms with Crippen LogP contribution in [0.25, 0.3) is 0 Å². The highest BCUT2D eigenvalue weighted by Gasteiger charge is 2.25. The molecule has 110 valence electrons. The van der Waals surface area contributed by atoms with Crippen molar-refractivity contribution in [2.75, 3.05) is 0 Å². The topological polar surface area (TPSA) is 66.4 Å². The standard InChI is InChI=1S/C16H17NO3S/c18-16-8-4-5-12-9-10-13(11-15(12)16)17-21(19,20)14-6-2-1-3-7-14/h1-8,13,17-18H,9-11H2. The number of nitrogens with one attached hydrogen (secondary N) is 1. The second kappa shape index (κ2) is 5.50. The molecule has 0 aliphatic heterocycles. The summed E-state index contributed by atoms with van der Waals surface area (Å²) in [6.45, 7) is 0. The van der Waals surface area contributed by atoms with Gasteiger partial charge in [-0.25, -0.2) is 13.1 Å². The van der Waals surface area contributed by atoms with Gasteiger partial charge in [0.1, 0.15) is 5.75 Å². The summed E-state index contributed by atoms with van der Waals surface area (Å²) in [5.74, 6) is 0.246. The van der Waals surface area contributed by atoms with Crippen LogP contribution in [0.2, 0.25) is 0 Å². The van der Waals surface area contributed by atoms with Crippen LogP contribution in [-0.2, 0) is 22.9 Å². The van der Waals surface area contributed by atoms with E-state index in [0.29, 0.717) is 6.42 Å². The van der Waals surface area contributed by atoms with Crippen LogP contribution in [0.4, 0.5) is 0 Å². The van der Waals surface area contributed by atoms with Gasteiger partial charge in [-0.05, 0) is 48.6 Å². The van der Waals surface area contributed by atoms with Crippen LogP contribution in [-0.4, -0.2) is 19.6 Å². The molecule has 0 saturated carbocycles. The summed E-state index contributed by atoms with van der Waals surface area (Å²) in [6, 6.07) is 13.6. The number of aryl methyl sites for hydroxylation is 1. The summed E-state index contributed by atoms with van der Waals surface area (Å²) < 4.78 is 27.4. The summed E-state index contributed by atoms with van der Waals surface area (Å²) in [6.07, 6.45) is 2.03. The number of phenolic OH excluding ortho intramolecular Hbond substituents is 1. The van der Waals surface area contributed by atoms with Gasteiger partial charge in [0.05, 0.1) is 4.90 Å². The number of benzene rings is 2. The molecule has 3 rings (SSSR count). The molecule has 0 radical (unpaired) electrons. The lowest BCUT2D eigenvalue weighted by atomic mass is 9.88. The molecule has 1 unspecified atom stereocenters. The minimum Gasteiger partial charge on any atom is -0.508 e. The fourth-order valence-electron chi connectivity index (χ4n) is 2.76. The van der Waals surface area contributed by atoms with Gasteiger partial charge in [-0.2, -0.15) is 0 Å². The van der Waals surface area contributed by atoms with E-state index < -0.39 is 10.0 Å². The van der Waals surface area contributed by atoms with Crippen molar-refractivity contribution in [2.24, 2.45) is 0 Å². The van der Waals surface area contributed by atoms with Crippen LogP contribution < -0.4 is 4.72 Å². The highest BCUT2D eigenvalue weighted by molar-refractivity contribution is 7.89. The Kier molecular flexibility index (Phi) is 3.69. The Morgan fingerprint density at radius 1 is 1.05 bits per heavy atom. The summed E-state index contributed by atoms with van der Waals surface area (Å²) in [4.78, 5) is 0.271. The molecule has 0 amide bonds. The lowest BCUT2D eigenvalue weighted by Gasteiger charge is -2.25. The fourth-order valence-corrected chi connectivity index (χ4v) is 4.05. The van der Waals surface area contributed by atoms with E-state index in [4.69, 9.17) is 0 Å². The average Bonchev–Trinajstić information content (AvgIpc) is 2.49. The predicted octanol–water partition coefficient (Wildman–Crippen LogP) is 2.23. The first-order valence-electron chi connectivity index (χ1n) is 6.93. The molecule has 21 heavy (non-hydrogen) atoms. The van der Waals surface area contributed by atoms with Crippen LogP contribution in [0, 0.1) is 0 Å². The molecule has 0 fully saturated rings. The molecule has 1 atom stereocenters. The Balaban J connectivity index is 1.80. The van der Waals surface area contributed by atoms with Crippen molar-refractivity contribution in [3.63, 3.8) is 0 Å². The summed E-state index contributed by atoms with van der Waals surface area (Å²) >= 11 is 0. The maximum Gasteiger partial charge on any atom is 0.240 e. The fraction of sp³-hybridized carbons (Fsp3) is 0.250. The Morgan fingerprint density at radius 2 is 1.81 bits per heavy atom. The third-order valence-electron chi connectivity index (χ3n) is 3.84. The number of aromatic hydroxyl groups is 1. The van der Waals surface area contributed by atoms with Crippen molar-refractivity contribution in [3.05, 3.63) is 59.7 Å². The third kappa shape index (κ3) is 2.94. The number of sulfonamides is 1. The van der Waals surface area contributed by atoms with E-state index in [1.165, 1.54) is 0 Å². The number of fused-ring (bicyclic) bond motifs is 1. The zero-order chi connectivity index (χ0) is 14.9. The highest BCUT2D eigenvalue weighted by atomic mass is 32.2. The van der Waals surface area contributed by atoms with Crippen LogP contribution in [0.3, 0.4) is 0 Å². The lowest BCUT2D eigenvalue weighted by Crippen LogP contribution is -2.38. The number of hydrogen-bond donors (Lipinski definition) is 2. The molecule has 0 aromatic heterocycles. The smallest absolute Gasteiger partial charge is 0.240 e. The second-order valence-corrected chi connectivity index (χ2v) is 7.00. The first-order chi connectivity index (χ1) is 10.1. The minimum atomic E-state index is -3.51. The molecule has 5 heteroatoms. The maximum absolute atomic E-state index is 12.3. The van der Waals surface area contributed by atoms with Gasteiger partial charge in [0.2, 0.25) is 10.0 Å². The monoisotopic (exact) mass is 303 g/mol. The van der Waals surface area contributed by atoms with Gasteiger partial charge >= 0.3 is 0 Å². The molecule has 0 heterocycles. The van der Waals surface area contributed by atoms with Gasteiger partial charge in [-0.1, -0.05) is 30.3 Å². The molecule has 2 N–H and O–H groups in total. The summed E-state index contributed by atoms with van der Waals surface area (Å²) in [7, 11) is -3.51. The van der Waals surface area contributed by atoms with E-state index in [0.717, 1.165) is 24.0 Å². The van der Waals surface area contributed by atoms with Gasteiger partial charge in [0.15, 0.2) is 0 Å². The van der Waals surface area contributed by atoms with Crippen molar-refractivity contribution in [2.45, 2.75) is 30.2 Å². The Morgan fingerprint density at radius 3 is 2.57 bits per heavy atom. The van der Waals surface area contributed by atoms with Crippen molar-refractivity contribution in [1.82, 2.24) is 4.72 Å². The number of phenols is 1. The zero-order valence-electron chi connectivity index (χ0n) is 11.5. The largest absolute Gasteiger partial charge is 0.508 e. The molecule has 0 spiro atoms. The van der Waals surface area contributed by atoms with Gasteiger partial charge in [-0.3, -0.25) is 0 Å². The molecule has 0 bridgehead atoms. The van der Waals surface area contributed by atoms with Gasteiger partial charge in [-0.15, -0.1) is 0 Å². The van der Waals surface area contributed by atoms with Crippen molar-refractivity contribution in [1.29, 1.82) is 0 Å². The van der Waals surface area contributed by atoms with Crippen molar-refractivity contribution < 1.29 is 13.5 Å². The minimum absolute atomic E-state index is 0.184. The van der Waals surface area contributed by atoms with Crippen molar-refractivity contribution >= 4 is 10.0 Å². The highest BCUT2D eigenvalue weighted by Crippen LogP contribution is 2.29. The SMILES string of the molecule is O=S(=O)(NC1CCc2cccc(O)c2C1)c1ccccc1. The van der Waals surface area contributed by atoms with Crippen LogP contribution in [0.1, 0.15) is 17.5 Å². The third-order valence-corrected chi connectivity index (χ3v) is 5.37. The Labute approximate surface area is 124 Å². The molecular weight excluding hydrogens is 286 g/mol. The molecule has 4 nitrogen and oxygen atoms in total. The quantitative estimate of drug-likeness (QED) is 0.914. The lowest BCUT2D eigenvalue weighted by molar-refractivity contribution is 0.447. The van der Waals surface area contributed by atoms with E-state index in [9.17, 15) is 13.5 Å². The van der Waals surface area contributed by atoms with E-state index in [2.05, 4.69) is 4.72 Å². The first-order valence-corrected chi connectivity index (χ1v) is 8.42. The first kappa shape index (κ1) is 14.1. The van der Waals surface area contributed by atoms with E-state index >= 15 is 0 Å². The van der Waals surface area contributed by atoms with Gasteiger partial charge in [0.25, 0.3) is 0 Å². The van der Waals surface area contributed by atoms with Crippen molar-refractivity contribution in [3.8, 4) is 5.75 Å². The molecule has 1 aliphatic carbocycles. The molecule has 2 aromatic carbocycles. The Hall–Kier alpha value is -1.85. The molecule has 1 aliphatic rings. The van der Waals surface area contributed by atoms with Gasteiger partial charge < -0.3 is 5.11 Å². The predicted molar refractivity (Wildman–Crippen MR) is 80.7 cm³/mol. The summed E-state index contributed by atoms with van der Waals surface area (Å²) in [5.41, 5.74) is 1.95. The van der Waals surface area contributed by atoms with Gasteiger partial charge in [0, 0.05) is 6.04 Å². The number of hydrogen-bond acceptors (Lipinski definition) is 3. The van der Waals surface area contributed by atoms with Crippen LogP contribution >= 0.6 is 0 Å². The molecule has 2 aromatic rings. The van der Waals surface area contributed by atoms with Crippen LogP contribution in [0.15, 0.2) is 53.4 Å². The van der Waals surface area contributed by atoms with E-state index in [1.807, 2.05) is 12.1 Å². The van der Waals surface area contributed by atoms with E-state index in [-0.39, 0.29) is 16.7 Å². The zero-order valence-corrected chi connectivity index (χ0v) is 12.3. The Bertz CT molecular complexity index is 741. The van der Waals surface area contributed by atoms with E-state index in [1.54, 1.807) is 36.4 Å². The average molecular weight is 303 g/mol. The summed E-state index contributed by atoms with van der Waals surface area (Å²) in [5, 5.41) is 9.91. The maximum atomic E-state index is 12.3. The van der Waals surface area contributed by atoms with Crippen LogP contribution in [0.5, 0.6) is 5.75 Å². The molecular formula is C16H17NO3S. The normalized spacial score (nSPS) is 18.2. The second-order valence-electron chi connectivity index (χ2n) is 5.29. The number of rotatable bonds is 3.